The zero-order valence-electron chi connectivity index (χ0n) is 12.9. The van der Waals surface area contributed by atoms with Crippen molar-refractivity contribution in [3.63, 3.8) is 0 Å². The highest BCUT2D eigenvalue weighted by molar-refractivity contribution is 5.66. The molecule has 0 bridgehead atoms. The first-order valence-corrected chi connectivity index (χ1v) is 7.99. The van der Waals surface area contributed by atoms with Gasteiger partial charge in [-0.2, -0.15) is 0 Å². The van der Waals surface area contributed by atoms with Gasteiger partial charge in [0.15, 0.2) is 0 Å². The summed E-state index contributed by atoms with van der Waals surface area (Å²) in [5, 5.41) is 8.50. The van der Waals surface area contributed by atoms with E-state index < -0.39 is 5.97 Å². The zero-order chi connectivity index (χ0) is 14.3. The van der Waals surface area contributed by atoms with Crippen LogP contribution in [0.2, 0.25) is 0 Å². The van der Waals surface area contributed by atoms with Gasteiger partial charge >= 0.3 is 5.97 Å². The molecule has 1 N–H and O–H groups in total. The number of rotatable bonds is 13. The Labute approximate surface area is 119 Å². The van der Waals surface area contributed by atoms with Crippen molar-refractivity contribution in [3.8, 4) is 0 Å². The molecule has 0 aliphatic carbocycles. The Hall–Kier alpha value is -0.790. The lowest BCUT2D eigenvalue weighted by Gasteiger charge is -2.01. The van der Waals surface area contributed by atoms with Gasteiger partial charge in [-0.1, -0.05) is 58.1 Å². The maximum Gasteiger partial charge on any atom is 0.303 e. The van der Waals surface area contributed by atoms with Crippen LogP contribution in [0.4, 0.5) is 0 Å². The molecule has 0 rings (SSSR count). The van der Waals surface area contributed by atoms with Crippen LogP contribution < -0.4 is 0 Å². The van der Waals surface area contributed by atoms with Crippen LogP contribution in [0.25, 0.3) is 0 Å². The topological polar surface area (TPSA) is 37.3 Å². The third kappa shape index (κ3) is 17.2. The summed E-state index contributed by atoms with van der Waals surface area (Å²) in [6.45, 7) is 4.57. The lowest BCUT2D eigenvalue weighted by Crippen LogP contribution is -1.93. The van der Waals surface area contributed by atoms with Gasteiger partial charge in [-0.3, -0.25) is 4.79 Å². The Morgan fingerprint density at radius 2 is 1.42 bits per heavy atom. The highest BCUT2D eigenvalue weighted by Gasteiger charge is 1.96. The van der Waals surface area contributed by atoms with Gasteiger partial charge in [-0.05, 0) is 38.0 Å². The third-order valence-electron chi connectivity index (χ3n) is 3.33. The molecule has 0 aromatic heterocycles. The number of hydrogen-bond acceptors (Lipinski definition) is 1. The van der Waals surface area contributed by atoms with Crippen LogP contribution in [0.5, 0.6) is 0 Å². The second-order valence-corrected chi connectivity index (χ2v) is 5.85. The smallest absolute Gasteiger partial charge is 0.303 e. The van der Waals surface area contributed by atoms with Gasteiger partial charge in [0.1, 0.15) is 0 Å². The van der Waals surface area contributed by atoms with E-state index in [1.165, 1.54) is 51.4 Å². The first kappa shape index (κ1) is 18.2. The Balaban J connectivity index is 3.10. The summed E-state index contributed by atoms with van der Waals surface area (Å²) >= 11 is 0. The van der Waals surface area contributed by atoms with Crippen LogP contribution in [-0.2, 0) is 4.79 Å². The van der Waals surface area contributed by atoms with E-state index in [1.807, 2.05) is 0 Å². The summed E-state index contributed by atoms with van der Waals surface area (Å²) in [4.78, 5) is 10.3. The fourth-order valence-corrected chi connectivity index (χ4v) is 2.12. The quantitative estimate of drug-likeness (QED) is 0.350. The molecule has 19 heavy (non-hydrogen) atoms. The second kappa shape index (κ2) is 13.6. The van der Waals surface area contributed by atoms with Gasteiger partial charge < -0.3 is 5.11 Å². The van der Waals surface area contributed by atoms with Gasteiger partial charge in [0.05, 0.1) is 0 Å². The molecule has 2 heteroatoms. The van der Waals surface area contributed by atoms with Crippen molar-refractivity contribution < 1.29 is 9.90 Å². The highest BCUT2D eigenvalue weighted by atomic mass is 16.4. The van der Waals surface area contributed by atoms with Crippen molar-refractivity contribution in [2.45, 2.75) is 84.5 Å². The van der Waals surface area contributed by atoms with Gasteiger partial charge in [0, 0.05) is 6.42 Å². The number of aliphatic carboxylic acids is 1. The predicted octanol–water partition coefficient (Wildman–Crippen LogP) is 5.57. The number of carboxylic acids is 1. The Morgan fingerprint density at radius 1 is 0.895 bits per heavy atom. The molecule has 112 valence electrons. The Kier molecular flexibility index (Phi) is 13.1. The van der Waals surface area contributed by atoms with Gasteiger partial charge in [0.2, 0.25) is 0 Å². The van der Waals surface area contributed by atoms with Crippen molar-refractivity contribution in [2.75, 3.05) is 0 Å². The van der Waals surface area contributed by atoms with E-state index in [0.717, 1.165) is 18.8 Å². The fraction of sp³-hybridized carbons (Fsp3) is 0.824. The van der Waals surface area contributed by atoms with E-state index >= 15 is 0 Å². The molecule has 0 unspecified atom stereocenters. The van der Waals surface area contributed by atoms with Gasteiger partial charge in [0.25, 0.3) is 0 Å². The lowest BCUT2D eigenvalue weighted by molar-refractivity contribution is -0.137. The largest absolute Gasteiger partial charge is 0.481 e. The van der Waals surface area contributed by atoms with Crippen LogP contribution in [0, 0.1) is 5.92 Å². The average molecular weight is 268 g/mol. The summed E-state index contributed by atoms with van der Waals surface area (Å²) in [7, 11) is 0. The molecule has 0 amide bonds. The molecule has 0 aromatic rings. The lowest BCUT2D eigenvalue weighted by atomic mass is 10.0. The molecule has 0 atom stereocenters. The maximum atomic E-state index is 10.3. The normalized spacial score (nSPS) is 11.5. The minimum Gasteiger partial charge on any atom is -0.481 e. The maximum absolute atomic E-state index is 10.3. The molecule has 0 aliphatic rings. The molecule has 0 spiro atoms. The van der Waals surface area contributed by atoms with Crippen LogP contribution in [0.3, 0.4) is 0 Å². The van der Waals surface area contributed by atoms with Crippen LogP contribution in [-0.4, -0.2) is 11.1 Å². The van der Waals surface area contributed by atoms with E-state index in [0.29, 0.717) is 6.42 Å². The SMILES string of the molecule is CC(C)CCCC/C=C\CCCCCCCC(=O)O. The van der Waals surface area contributed by atoms with Crippen LogP contribution in [0.1, 0.15) is 84.5 Å². The monoisotopic (exact) mass is 268 g/mol. The number of hydrogen-bond donors (Lipinski definition) is 1. The molecule has 0 saturated heterocycles. The first-order valence-electron chi connectivity index (χ1n) is 7.99. The van der Waals surface area contributed by atoms with Crippen molar-refractivity contribution in [1.82, 2.24) is 0 Å². The van der Waals surface area contributed by atoms with Crippen LogP contribution in [0.15, 0.2) is 12.2 Å². The number of allylic oxidation sites excluding steroid dienone is 2. The second-order valence-electron chi connectivity index (χ2n) is 5.85. The summed E-state index contributed by atoms with van der Waals surface area (Å²) in [6, 6.07) is 0. The molecule has 0 heterocycles. The summed E-state index contributed by atoms with van der Waals surface area (Å²) in [6.07, 6.45) is 17.0. The average Bonchev–Trinajstić information content (AvgIpc) is 2.34. The van der Waals surface area contributed by atoms with E-state index in [-0.39, 0.29) is 0 Å². The molecular formula is C17H32O2. The van der Waals surface area contributed by atoms with Crippen LogP contribution >= 0.6 is 0 Å². The fourth-order valence-electron chi connectivity index (χ4n) is 2.12. The molecule has 0 saturated carbocycles. The minimum absolute atomic E-state index is 0.330. The zero-order valence-corrected chi connectivity index (χ0v) is 12.9. The minimum atomic E-state index is -0.666. The van der Waals surface area contributed by atoms with E-state index in [2.05, 4.69) is 26.0 Å². The Morgan fingerprint density at radius 3 is 2.00 bits per heavy atom. The van der Waals surface area contributed by atoms with E-state index in [4.69, 9.17) is 5.11 Å². The number of carboxylic acid groups (broad SMARTS) is 1. The number of unbranched alkanes of at least 4 members (excludes halogenated alkanes) is 7. The molecule has 2 nitrogen and oxygen atoms in total. The van der Waals surface area contributed by atoms with Gasteiger partial charge in [-0.25, -0.2) is 0 Å². The predicted molar refractivity (Wildman–Crippen MR) is 82.4 cm³/mol. The molecule has 0 radical (unpaired) electrons. The molecule has 0 aliphatic heterocycles. The standard InChI is InChI=1S/C17H32O2/c1-16(2)14-12-10-8-6-4-3-5-7-9-11-13-15-17(18)19/h4,6,16H,3,5,7-15H2,1-2H3,(H,18,19)/b6-4-. The van der Waals surface area contributed by atoms with Gasteiger partial charge in [-0.15, -0.1) is 0 Å². The summed E-state index contributed by atoms with van der Waals surface area (Å²) in [5.74, 6) is 0.172. The van der Waals surface area contributed by atoms with Crippen molar-refractivity contribution >= 4 is 5.97 Å². The third-order valence-corrected chi connectivity index (χ3v) is 3.33. The molecule has 0 aromatic carbocycles. The van der Waals surface area contributed by atoms with Crippen molar-refractivity contribution in [3.05, 3.63) is 12.2 Å². The number of carbonyl (C=O) groups is 1. The van der Waals surface area contributed by atoms with Crippen molar-refractivity contribution in [1.29, 1.82) is 0 Å². The molecular weight excluding hydrogens is 236 g/mol. The summed E-state index contributed by atoms with van der Waals surface area (Å²) < 4.78 is 0. The highest BCUT2D eigenvalue weighted by Crippen LogP contribution is 2.10. The van der Waals surface area contributed by atoms with E-state index in [1.54, 1.807) is 0 Å². The summed E-state index contributed by atoms with van der Waals surface area (Å²) in [5.41, 5.74) is 0. The first-order chi connectivity index (χ1) is 9.13. The molecule has 0 fully saturated rings. The van der Waals surface area contributed by atoms with Crippen molar-refractivity contribution in [2.24, 2.45) is 5.92 Å². The Bertz CT molecular complexity index is 231. The van der Waals surface area contributed by atoms with E-state index in [9.17, 15) is 4.79 Å².